The maximum absolute atomic E-state index is 12.6. The van der Waals surface area contributed by atoms with E-state index in [0.29, 0.717) is 18.2 Å². The number of alkyl carbamates (subject to hydrolysis) is 1. The van der Waals surface area contributed by atoms with Crippen molar-refractivity contribution in [2.45, 2.75) is 71.9 Å². The SMILES string of the molecule is CCCCc1cc(=O)oc2cc(OC(=O)[C@@H](CC)NC(=O)OC(C)(C)C)c(Cl)cc12. The van der Waals surface area contributed by atoms with Crippen LogP contribution >= 0.6 is 11.6 Å². The molecule has 1 heterocycles. The molecule has 30 heavy (non-hydrogen) atoms. The van der Waals surface area contributed by atoms with Crippen LogP contribution in [0.2, 0.25) is 5.02 Å². The van der Waals surface area contributed by atoms with Crippen LogP contribution in [0.5, 0.6) is 5.75 Å². The van der Waals surface area contributed by atoms with Gasteiger partial charge in [-0.3, -0.25) is 0 Å². The van der Waals surface area contributed by atoms with Crippen molar-refractivity contribution in [2.24, 2.45) is 0 Å². The number of fused-ring (bicyclic) bond motifs is 1. The van der Waals surface area contributed by atoms with Crippen LogP contribution in [0, 0.1) is 0 Å². The third-order valence-electron chi connectivity index (χ3n) is 4.28. The lowest BCUT2D eigenvalue weighted by molar-refractivity contribution is -0.136. The van der Waals surface area contributed by atoms with E-state index < -0.39 is 29.3 Å². The summed E-state index contributed by atoms with van der Waals surface area (Å²) in [6.45, 7) is 8.97. The van der Waals surface area contributed by atoms with E-state index in [4.69, 9.17) is 25.5 Å². The van der Waals surface area contributed by atoms with Gasteiger partial charge in [0.2, 0.25) is 0 Å². The highest BCUT2D eigenvalue weighted by Crippen LogP contribution is 2.32. The molecule has 0 radical (unpaired) electrons. The summed E-state index contributed by atoms with van der Waals surface area (Å²) in [5.74, 6) is -0.650. The fourth-order valence-corrected chi connectivity index (χ4v) is 3.04. The van der Waals surface area contributed by atoms with Crippen LogP contribution < -0.4 is 15.7 Å². The predicted molar refractivity (Wildman–Crippen MR) is 115 cm³/mol. The molecule has 1 N–H and O–H groups in total. The molecular formula is C22H28ClNO6. The Morgan fingerprint density at radius 2 is 1.90 bits per heavy atom. The van der Waals surface area contributed by atoms with E-state index in [2.05, 4.69) is 12.2 Å². The van der Waals surface area contributed by atoms with Gasteiger partial charge >= 0.3 is 17.7 Å². The molecule has 1 atom stereocenters. The molecule has 164 valence electrons. The van der Waals surface area contributed by atoms with Crippen LogP contribution in [0.1, 0.15) is 59.4 Å². The summed E-state index contributed by atoms with van der Waals surface area (Å²) in [5.41, 5.74) is -0.0536. The maximum atomic E-state index is 12.6. The molecule has 8 heteroatoms. The predicted octanol–water partition coefficient (Wildman–Crippen LogP) is 5.00. The van der Waals surface area contributed by atoms with Gasteiger partial charge < -0.3 is 19.2 Å². The normalized spacial score (nSPS) is 12.5. The molecule has 0 saturated carbocycles. The lowest BCUT2D eigenvalue weighted by Gasteiger charge is -2.22. The number of amides is 1. The first-order valence-electron chi connectivity index (χ1n) is 10.0. The summed E-state index contributed by atoms with van der Waals surface area (Å²) < 4.78 is 15.8. The molecule has 1 amide bonds. The lowest BCUT2D eigenvalue weighted by Crippen LogP contribution is -2.44. The van der Waals surface area contributed by atoms with Gasteiger partial charge in [-0.15, -0.1) is 0 Å². The number of aryl methyl sites for hydroxylation is 1. The minimum Gasteiger partial charge on any atom is -0.444 e. The van der Waals surface area contributed by atoms with Crippen molar-refractivity contribution in [1.29, 1.82) is 0 Å². The Bertz CT molecular complexity index is 976. The Labute approximate surface area is 180 Å². The topological polar surface area (TPSA) is 94.8 Å². The number of unbranched alkanes of at least 4 members (excludes halogenated alkanes) is 1. The van der Waals surface area contributed by atoms with Crippen molar-refractivity contribution in [3.63, 3.8) is 0 Å². The van der Waals surface area contributed by atoms with Crippen LogP contribution in [-0.4, -0.2) is 23.7 Å². The largest absolute Gasteiger partial charge is 0.444 e. The van der Waals surface area contributed by atoms with Gasteiger partial charge in [0.05, 0.1) is 5.02 Å². The summed E-state index contributed by atoms with van der Waals surface area (Å²) in [6, 6.07) is 3.58. The smallest absolute Gasteiger partial charge is 0.408 e. The van der Waals surface area contributed by atoms with Crippen LogP contribution in [0.3, 0.4) is 0 Å². The van der Waals surface area contributed by atoms with Gasteiger partial charge in [0.15, 0.2) is 5.75 Å². The quantitative estimate of drug-likeness (QED) is 0.372. The Balaban J connectivity index is 2.25. The maximum Gasteiger partial charge on any atom is 0.408 e. The molecule has 0 unspecified atom stereocenters. The standard InChI is InChI=1S/C22H28ClNO6/c1-6-8-9-13-10-19(25)28-17-12-18(15(23)11-14(13)17)29-20(26)16(7-2)24-21(27)30-22(3,4)5/h10-12,16H,6-9H2,1-5H3,(H,24,27)/t16-/m1/s1. The van der Waals surface area contributed by atoms with Crippen molar-refractivity contribution in [3.05, 3.63) is 39.2 Å². The number of halogens is 1. The average molecular weight is 438 g/mol. The second-order valence-corrected chi connectivity index (χ2v) is 8.41. The number of carbonyl (C=O) groups is 2. The summed E-state index contributed by atoms with van der Waals surface area (Å²) in [6.07, 6.45) is 2.18. The number of hydrogen-bond acceptors (Lipinski definition) is 6. The second-order valence-electron chi connectivity index (χ2n) is 8.00. The van der Waals surface area contributed by atoms with Gasteiger partial charge in [-0.1, -0.05) is 31.9 Å². The fraction of sp³-hybridized carbons (Fsp3) is 0.500. The Hall–Kier alpha value is -2.54. The number of esters is 1. The molecule has 0 aliphatic heterocycles. The highest BCUT2D eigenvalue weighted by Gasteiger charge is 2.25. The van der Waals surface area contributed by atoms with Crippen molar-refractivity contribution in [3.8, 4) is 5.75 Å². The van der Waals surface area contributed by atoms with Crippen molar-refractivity contribution < 1.29 is 23.5 Å². The number of hydrogen-bond donors (Lipinski definition) is 1. The highest BCUT2D eigenvalue weighted by atomic mass is 35.5. The van der Waals surface area contributed by atoms with Gasteiger partial charge in [-0.05, 0) is 51.7 Å². The number of ether oxygens (including phenoxy) is 2. The van der Waals surface area contributed by atoms with Gasteiger partial charge in [-0.25, -0.2) is 14.4 Å². The summed E-state index contributed by atoms with van der Waals surface area (Å²) in [7, 11) is 0. The molecule has 2 aromatic rings. The molecule has 1 aromatic heterocycles. The highest BCUT2D eigenvalue weighted by molar-refractivity contribution is 6.33. The third-order valence-corrected chi connectivity index (χ3v) is 4.57. The molecule has 7 nitrogen and oxygen atoms in total. The number of carbonyl (C=O) groups excluding carboxylic acids is 2. The zero-order valence-electron chi connectivity index (χ0n) is 18.0. The third kappa shape index (κ3) is 6.49. The van der Waals surface area contributed by atoms with Crippen LogP contribution in [0.4, 0.5) is 4.79 Å². The number of nitrogens with one attached hydrogen (secondary N) is 1. The molecule has 0 saturated heterocycles. The Kier molecular flexibility index (Phi) is 7.89. The van der Waals surface area contributed by atoms with Crippen molar-refractivity contribution in [2.75, 3.05) is 0 Å². The fourth-order valence-electron chi connectivity index (χ4n) is 2.84. The summed E-state index contributed by atoms with van der Waals surface area (Å²) in [4.78, 5) is 36.4. The lowest BCUT2D eigenvalue weighted by atomic mass is 10.0. The molecule has 2 rings (SSSR count). The molecule has 0 aliphatic carbocycles. The van der Waals surface area contributed by atoms with E-state index in [1.54, 1.807) is 33.8 Å². The zero-order chi connectivity index (χ0) is 22.5. The molecule has 0 bridgehead atoms. The Morgan fingerprint density at radius 3 is 2.50 bits per heavy atom. The van der Waals surface area contributed by atoms with Crippen molar-refractivity contribution in [1.82, 2.24) is 5.32 Å². The number of rotatable bonds is 7. The Morgan fingerprint density at radius 1 is 1.20 bits per heavy atom. The average Bonchev–Trinajstić information content (AvgIpc) is 2.63. The van der Waals surface area contributed by atoms with Gasteiger partial charge in [0.1, 0.15) is 17.2 Å². The first kappa shape index (κ1) is 23.7. The first-order chi connectivity index (χ1) is 14.0. The van der Waals surface area contributed by atoms with Gasteiger partial charge in [0.25, 0.3) is 0 Å². The van der Waals surface area contributed by atoms with Crippen LogP contribution in [0.25, 0.3) is 11.0 Å². The molecule has 1 aromatic carbocycles. The van der Waals surface area contributed by atoms with E-state index in [9.17, 15) is 14.4 Å². The van der Waals surface area contributed by atoms with Gasteiger partial charge in [0, 0.05) is 17.5 Å². The van der Waals surface area contributed by atoms with E-state index in [0.717, 1.165) is 18.4 Å². The van der Waals surface area contributed by atoms with E-state index in [-0.39, 0.29) is 16.4 Å². The minimum absolute atomic E-state index is 0.0504. The van der Waals surface area contributed by atoms with Crippen molar-refractivity contribution >= 4 is 34.6 Å². The van der Waals surface area contributed by atoms with Crippen LogP contribution in [0.15, 0.2) is 27.4 Å². The second kappa shape index (κ2) is 9.98. The molecule has 0 spiro atoms. The zero-order valence-corrected chi connectivity index (χ0v) is 18.7. The summed E-state index contributed by atoms with van der Waals surface area (Å²) in [5, 5.41) is 3.39. The first-order valence-corrected chi connectivity index (χ1v) is 10.4. The van der Waals surface area contributed by atoms with E-state index >= 15 is 0 Å². The van der Waals surface area contributed by atoms with Crippen LogP contribution in [-0.2, 0) is 16.0 Å². The van der Waals surface area contributed by atoms with Gasteiger partial charge in [-0.2, -0.15) is 0 Å². The molecule has 0 aliphatic rings. The number of benzene rings is 1. The molecular weight excluding hydrogens is 410 g/mol. The monoisotopic (exact) mass is 437 g/mol. The van der Waals surface area contributed by atoms with E-state index in [1.165, 1.54) is 12.1 Å². The van der Waals surface area contributed by atoms with E-state index in [1.807, 2.05) is 0 Å². The minimum atomic E-state index is -0.922. The summed E-state index contributed by atoms with van der Waals surface area (Å²) >= 11 is 6.32. The molecule has 0 fully saturated rings.